The van der Waals surface area contributed by atoms with Gasteiger partial charge in [-0.15, -0.1) is 5.10 Å². The molecule has 0 spiro atoms. The van der Waals surface area contributed by atoms with Crippen LogP contribution in [0.5, 0.6) is 0 Å². The molecule has 2 rings (SSSR count). The van der Waals surface area contributed by atoms with Crippen molar-refractivity contribution in [2.75, 3.05) is 11.1 Å². The highest BCUT2D eigenvalue weighted by Crippen LogP contribution is 2.18. The third-order valence-electron chi connectivity index (χ3n) is 1.70. The van der Waals surface area contributed by atoms with Crippen molar-refractivity contribution in [3.63, 3.8) is 0 Å². The van der Waals surface area contributed by atoms with Crippen LogP contribution in [0.1, 0.15) is 10.4 Å². The highest BCUT2D eigenvalue weighted by atomic mass is 35.5. The molecule has 0 fully saturated rings. The lowest BCUT2D eigenvalue weighted by molar-refractivity contribution is 0.102. The Kier molecular flexibility index (Phi) is 2.97. The van der Waals surface area contributed by atoms with Gasteiger partial charge in [0.15, 0.2) is 0 Å². The van der Waals surface area contributed by atoms with Crippen molar-refractivity contribution >= 4 is 39.7 Å². The molecule has 8 heteroatoms. The number of nitrogens with one attached hydrogen (secondary N) is 1. The maximum Gasteiger partial charge on any atom is 0.259 e. The van der Waals surface area contributed by atoms with E-state index in [-0.39, 0.29) is 10.7 Å². The van der Waals surface area contributed by atoms with E-state index in [1.165, 1.54) is 18.5 Å². The average molecular weight is 256 g/mol. The first-order valence-electron chi connectivity index (χ1n) is 4.16. The van der Waals surface area contributed by atoms with Gasteiger partial charge in [0.05, 0.1) is 23.6 Å². The second-order valence-corrected chi connectivity index (χ2v) is 3.99. The second-order valence-electron chi connectivity index (χ2n) is 2.84. The van der Waals surface area contributed by atoms with E-state index in [4.69, 9.17) is 17.3 Å². The van der Waals surface area contributed by atoms with Crippen LogP contribution in [0.2, 0.25) is 5.15 Å². The molecule has 2 aromatic heterocycles. The van der Waals surface area contributed by atoms with Crippen LogP contribution >= 0.6 is 23.1 Å². The fourth-order valence-corrected chi connectivity index (χ4v) is 1.63. The van der Waals surface area contributed by atoms with Crippen molar-refractivity contribution in [3.8, 4) is 0 Å². The van der Waals surface area contributed by atoms with Crippen LogP contribution in [-0.2, 0) is 0 Å². The standard InChI is InChI=1S/C8H6ClN5OS/c9-7-5(1-4(10)2-11-7)8(15)13-6-3-12-14-16-6/h1-3H,10H2,(H,13,15). The lowest BCUT2D eigenvalue weighted by atomic mass is 10.2. The third-order valence-corrected chi connectivity index (χ3v) is 2.58. The van der Waals surface area contributed by atoms with Crippen molar-refractivity contribution in [1.82, 2.24) is 14.6 Å². The van der Waals surface area contributed by atoms with Crippen molar-refractivity contribution in [1.29, 1.82) is 0 Å². The SMILES string of the molecule is Nc1cnc(Cl)c(C(=O)Nc2cnns2)c1. The zero-order chi connectivity index (χ0) is 11.5. The molecule has 6 nitrogen and oxygen atoms in total. The zero-order valence-electron chi connectivity index (χ0n) is 7.85. The number of pyridine rings is 1. The number of nitrogen functional groups attached to an aromatic ring is 1. The number of amides is 1. The average Bonchev–Trinajstić information content (AvgIpc) is 2.74. The summed E-state index contributed by atoms with van der Waals surface area (Å²) in [7, 11) is 0. The molecule has 82 valence electrons. The largest absolute Gasteiger partial charge is 0.397 e. The lowest BCUT2D eigenvalue weighted by Crippen LogP contribution is -2.12. The number of carbonyl (C=O) groups excluding carboxylic acids is 1. The van der Waals surface area contributed by atoms with E-state index in [0.29, 0.717) is 10.7 Å². The number of anilines is 2. The van der Waals surface area contributed by atoms with Gasteiger partial charge in [-0.25, -0.2) is 4.98 Å². The fraction of sp³-hybridized carbons (Fsp3) is 0. The van der Waals surface area contributed by atoms with Gasteiger partial charge >= 0.3 is 0 Å². The van der Waals surface area contributed by atoms with Crippen molar-refractivity contribution in [2.45, 2.75) is 0 Å². The predicted molar refractivity (Wildman–Crippen MR) is 61.5 cm³/mol. The van der Waals surface area contributed by atoms with Crippen LogP contribution in [0.3, 0.4) is 0 Å². The van der Waals surface area contributed by atoms with Gasteiger partial charge in [-0.05, 0) is 6.07 Å². The van der Waals surface area contributed by atoms with Crippen LogP contribution in [0.15, 0.2) is 18.5 Å². The summed E-state index contributed by atoms with van der Waals surface area (Å²) in [5.74, 6) is -0.393. The van der Waals surface area contributed by atoms with Crippen LogP contribution in [0, 0.1) is 0 Å². The molecule has 2 aromatic rings. The van der Waals surface area contributed by atoms with E-state index in [1.54, 1.807) is 0 Å². The van der Waals surface area contributed by atoms with Gasteiger partial charge in [0, 0.05) is 11.5 Å². The highest BCUT2D eigenvalue weighted by Gasteiger charge is 2.12. The summed E-state index contributed by atoms with van der Waals surface area (Å²) < 4.78 is 3.61. The van der Waals surface area contributed by atoms with Gasteiger partial charge in [-0.3, -0.25) is 4.79 Å². The highest BCUT2D eigenvalue weighted by molar-refractivity contribution is 7.10. The van der Waals surface area contributed by atoms with Crippen molar-refractivity contribution in [2.24, 2.45) is 0 Å². The number of aromatic nitrogens is 3. The van der Waals surface area contributed by atoms with E-state index in [2.05, 4.69) is 19.9 Å². The summed E-state index contributed by atoms with van der Waals surface area (Å²) in [5.41, 5.74) is 6.11. The molecular formula is C8H6ClN5OS. The Morgan fingerprint density at radius 3 is 3.00 bits per heavy atom. The fourth-order valence-electron chi connectivity index (χ4n) is 1.02. The molecule has 0 aliphatic rings. The molecule has 0 saturated heterocycles. The summed E-state index contributed by atoms with van der Waals surface area (Å²) in [6.07, 6.45) is 2.82. The Hall–Kier alpha value is -1.73. The van der Waals surface area contributed by atoms with E-state index >= 15 is 0 Å². The Morgan fingerprint density at radius 1 is 1.50 bits per heavy atom. The van der Waals surface area contributed by atoms with E-state index in [0.717, 1.165) is 11.5 Å². The quantitative estimate of drug-likeness (QED) is 0.792. The number of hydrogen-bond donors (Lipinski definition) is 2. The molecule has 0 atom stereocenters. The monoisotopic (exact) mass is 255 g/mol. The van der Waals surface area contributed by atoms with E-state index in [9.17, 15) is 4.79 Å². The summed E-state index contributed by atoms with van der Waals surface area (Å²) in [6, 6.07) is 1.46. The van der Waals surface area contributed by atoms with Gasteiger partial charge < -0.3 is 11.1 Å². The van der Waals surface area contributed by atoms with Crippen LogP contribution in [0.25, 0.3) is 0 Å². The Morgan fingerprint density at radius 2 is 2.31 bits per heavy atom. The maximum absolute atomic E-state index is 11.7. The Bertz CT molecular complexity index is 515. The van der Waals surface area contributed by atoms with Gasteiger partial charge in [0.2, 0.25) is 0 Å². The summed E-state index contributed by atoms with van der Waals surface area (Å²) in [6.45, 7) is 0. The first kappa shape index (κ1) is 10.8. The maximum atomic E-state index is 11.7. The van der Waals surface area contributed by atoms with Gasteiger partial charge in [-0.2, -0.15) is 0 Å². The van der Waals surface area contributed by atoms with Gasteiger partial charge in [-0.1, -0.05) is 16.1 Å². The minimum absolute atomic E-state index is 0.101. The molecule has 0 bridgehead atoms. The van der Waals surface area contributed by atoms with Crippen molar-refractivity contribution < 1.29 is 4.79 Å². The molecule has 0 aliphatic carbocycles. The Labute approximate surface area is 99.6 Å². The summed E-state index contributed by atoms with van der Waals surface area (Å²) in [4.78, 5) is 15.5. The first-order chi connectivity index (χ1) is 7.66. The van der Waals surface area contributed by atoms with E-state index < -0.39 is 5.91 Å². The molecule has 0 radical (unpaired) electrons. The number of halogens is 1. The minimum atomic E-state index is -0.393. The van der Waals surface area contributed by atoms with Crippen LogP contribution < -0.4 is 11.1 Å². The zero-order valence-corrected chi connectivity index (χ0v) is 9.42. The first-order valence-corrected chi connectivity index (χ1v) is 5.31. The molecule has 0 aromatic carbocycles. The number of carbonyl (C=O) groups is 1. The topological polar surface area (TPSA) is 93.8 Å². The number of rotatable bonds is 2. The predicted octanol–water partition coefficient (Wildman–Crippen LogP) is 1.42. The number of nitrogens with zero attached hydrogens (tertiary/aromatic N) is 3. The van der Waals surface area contributed by atoms with Gasteiger partial charge in [0.25, 0.3) is 5.91 Å². The lowest BCUT2D eigenvalue weighted by Gasteiger charge is -2.03. The normalized spacial score (nSPS) is 10.1. The number of nitrogens with two attached hydrogens (primary N) is 1. The molecule has 0 unspecified atom stereocenters. The molecule has 0 aliphatic heterocycles. The summed E-state index contributed by atoms with van der Waals surface area (Å²) in [5, 5.41) is 6.80. The van der Waals surface area contributed by atoms with Crippen LogP contribution in [0.4, 0.5) is 10.7 Å². The number of hydrogen-bond acceptors (Lipinski definition) is 6. The van der Waals surface area contributed by atoms with Crippen molar-refractivity contribution in [3.05, 3.63) is 29.2 Å². The molecule has 2 heterocycles. The molecule has 16 heavy (non-hydrogen) atoms. The minimum Gasteiger partial charge on any atom is -0.397 e. The molecule has 0 saturated carbocycles. The van der Waals surface area contributed by atoms with E-state index in [1.807, 2.05) is 0 Å². The second kappa shape index (κ2) is 4.42. The smallest absolute Gasteiger partial charge is 0.259 e. The molecular weight excluding hydrogens is 250 g/mol. The molecule has 3 N–H and O–H groups in total. The van der Waals surface area contributed by atoms with Crippen LogP contribution in [-0.4, -0.2) is 20.5 Å². The third kappa shape index (κ3) is 2.26. The van der Waals surface area contributed by atoms with Gasteiger partial charge in [0.1, 0.15) is 10.2 Å². The summed E-state index contributed by atoms with van der Waals surface area (Å²) >= 11 is 6.84. The molecule has 1 amide bonds. The Balaban J connectivity index is 2.24.